The summed E-state index contributed by atoms with van der Waals surface area (Å²) < 4.78 is -2.03. The lowest BCUT2D eigenvalue weighted by atomic mass is 10.6. The van der Waals surface area contributed by atoms with Gasteiger partial charge in [-0.2, -0.15) is 0 Å². The zero-order valence-corrected chi connectivity index (χ0v) is 8.64. The maximum absolute atomic E-state index is 5.58. The minimum absolute atomic E-state index is 0.441. The van der Waals surface area contributed by atoms with E-state index in [1.54, 1.807) is 0 Å². The molecule has 0 unspecified atom stereocenters. The molecule has 0 atom stereocenters. The summed E-state index contributed by atoms with van der Waals surface area (Å²) in [6.45, 7) is 4.05. The minimum Gasteiger partial charge on any atom is -0.0919 e. The van der Waals surface area contributed by atoms with Gasteiger partial charge in [0, 0.05) is 5.25 Å². The number of halogens is 2. The number of hydrogen-bond acceptors (Lipinski definition) is 2. The van der Waals surface area contributed by atoms with E-state index < -0.39 is 3.95 Å². The predicted octanol–water partition coefficient (Wildman–Crippen LogP) is 3.83. The first kappa shape index (κ1) is 9.58. The van der Waals surface area contributed by atoms with Crippen molar-refractivity contribution in [1.82, 2.24) is 0 Å². The highest BCUT2D eigenvalue weighted by Crippen LogP contribution is 2.69. The molecule has 0 aromatic carbocycles. The molecule has 0 rings (SSSR count). The summed E-state index contributed by atoms with van der Waals surface area (Å²) in [6.07, 6.45) is 0. The summed E-state index contributed by atoms with van der Waals surface area (Å²) in [5.74, 6) is 0. The lowest BCUT2D eigenvalue weighted by Crippen LogP contribution is -1.79. The molecule has 0 bridgehead atoms. The van der Waals surface area contributed by atoms with Crippen LogP contribution in [0.3, 0.4) is 0 Å². The van der Waals surface area contributed by atoms with Gasteiger partial charge in [-0.25, -0.2) is 0 Å². The van der Waals surface area contributed by atoms with Gasteiger partial charge in [0.15, 0.2) is 3.95 Å². The molecular weight excluding hydrogens is 202 g/mol. The van der Waals surface area contributed by atoms with Crippen LogP contribution in [-0.2, 0) is 11.8 Å². The van der Waals surface area contributed by atoms with E-state index >= 15 is 0 Å². The zero-order valence-electron chi connectivity index (χ0n) is 4.60. The third-order valence-electron chi connectivity index (χ3n) is 0.334. The maximum Gasteiger partial charge on any atom is 0.171 e. The SMILES string of the molecule is CC(C)SP(=S)(Cl)Cl. The van der Waals surface area contributed by atoms with Crippen LogP contribution in [0.1, 0.15) is 13.8 Å². The molecule has 0 radical (unpaired) electrons. The summed E-state index contributed by atoms with van der Waals surface area (Å²) in [4.78, 5) is 0. The molecule has 0 heterocycles. The molecule has 8 heavy (non-hydrogen) atoms. The van der Waals surface area contributed by atoms with Gasteiger partial charge >= 0.3 is 0 Å². The molecule has 0 aliphatic carbocycles. The topological polar surface area (TPSA) is 0 Å². The van der Waals surface area contributed by atoms with Crippen LogP contribution in [0.5, 0.6) is 0 Å². The number of hydrogen-bond donors (Lipinski definition) is 0. The van der Waals surface area contributed by atoms with Crippen molar-refractivity contribution < 1.29 is 0 Å². The lowest BCUT2D eigenvalue weighted by Gasteiger charge is -2.05. The van der Waals surface area contributed by atoms with Crippen molar-refractivity contribution in [1.29, 1.82) is 0 Å². The molecule has 0 aliphatic rings. The first-order chi connectivity index (χ1) is 3.42. The van der Waals surface area contributed by atoms with E-state index in [1.165, 1.54) is 11.4 Å². The van der Waals surface area contributed by atoms with Crippen LogP contribution in [-0.4, -0.2) is 5.25 Å². The molecule has 0 fully saturated rings. The molecule has 0 N–H and O–H groups in total. The Hall–Kier alpha value is 1.58. The molecule has 0 nitrogen and oxygen atoms in total. The fraction of sp³-hybridized carbons (Fsp3) is 1.00. The second kappa shape index (κ2) is 3.68. The van der Waals surface area contributed by atoms with Crippen molar-refractivity contribution in [2.24, 2.45) is 0 Å². The smallest absolute Gasteiger partial charge is 0.0919 e. The molecule has 0 aromatic heterocycles. The van der Waals surface area contributed by atoms with Gasteiger partial charge < -0.3 is 0 Å². The molecule has 5 heteroatoms. The van der Waals surface area contributed by atoms with Gasteiger partial charge in [0.05, 0.1) is 0 Å². The Kier molecular flexibility index (Phi) is 4.40. The van der Waals surface area contributed by atoms with E-state index in [9.17, 15) is 0 Å². The van der Waals surface area contributed by atoms with Gasteiger partial charge in [0.25, 0.3) is 0 Å². The van der Waals surface area contributed by atoms with Crippen LogP contribution >= 0.6 is 37.8 Å². The Morgan fingerprint density at radius 3 is 1.88 bits per heavy atom. The van der Waals surface area contributed by atoms with Crippen LogP contribution in [0.4, 0.5) is 0 Å². The van der Waals surface area contributed by atoms with E-state index in [0.717, 1.165) is 0 Å². The Labute approximate surface area is 68.7 Å². The normalized spacial score (nSPS) is 12.6. The van der Waals surface area contributed by atoms with E-state index in [2.05, 4.69) is 0 Å². The van der Waals surface area contributed by atoms with E-state index in [1.807, 2.05) is 13.8 Å². The number of rotatable bonds is 2. The average molecular weight is 209 g/mol. The second-order valence-electron chi connectivity index (χ2n) is 1.57. The van der Waals surface area contributed by atoms with Crippen molar-refractivity contribution in [3.8, 4) is 0 Å². The van der Waals surface area contributed by atoms with Crippen LogP contribution < -0.4 is 0 Å². The molecule has 0 aromatic rings. The predicted molar refractivity (Wildman–Crippen MR) is 48.7 cm³/mol. The summed E-state index contributed by atoms with van der Waals surface area (Å²) in [7, 11) is 0. The van der Waals surface area contributed by atoms with Gasteiger partial charge in [0.1, 0.15) is 0 Å². The standard InChI is InChI=1S/C3H7Cl2PS2/c1-3(2)8-6(4,5)7/h3H,1-2H3. The van der Waals surface area contributed by atoms with Gasteiger partial charge in [-0.05, 0) is 0 Å². The zero-order chi connectivity index (χ0) is 6.78. The van der Waals surface area contributed by atoms with Crippen molar-refractivity contribution in [3.05, 3.63) is 0 Å². The molecule has 0 aliphatic heterocycles. The van der Waals surface area contributed by atoms with Crippen LogP contribution in [0.25, 0.3) is 0 Å². The highest BCUT2D eigenvalue weighted by molar-refractivity contribution is 8.85. The minimum atomic E-state index is -2.03. The Morgan fingerprint density at radius 1 is 1.50 bits per heavy atom. The fourth-order valence-electron chi connectivity index (χ4n) is 0.245. The first-order valence-corrected chi connectivity index (χ1v) is 8.19. The largest absolute Gasteiger partial charge is 0.171 e. The van der Waals surface area contributed by atoms with Crippen LogP contribution in [0, 0.1) is 0 Å². The van der Waals surface area contributed by atoms with Gasteiger partial charge in [0.2, 0.25) is 0 Å². The quantitative estimate of drug-likeness (QED) is 0.634. The van der Waals surface area contributed by atoms with Crippen molar-refractivity contribution in [2.75, 3.05) is 0 Å². The summed E-state index contributed by atoms with van der Waals surface area (Å²) in [6, 6.07) is 0. The van der Waals surface area contributed by atoms with Crippen LogP contribution in [0.2, 0.25) is 0 Å². The van der Waals surface area contributed by atoms with Crippen LogP contribution in [0.15, 0.2) is 0 Å². The lowest BCUT2D eigenvalue weighted by molar-refractivity contribution is 1.12. The van der Waals surface area contributed by atoms with E-state index in [-0.39, 0.29) is 0 Å². The second-order valence-corrected chi connectivity index (χ2v) is 14.1. The maximum atomic E-state index is 5.58. The van der Waals surface area contributed by atoms with Crippen molar-refractivity contribution in [2.45, 2.75) is 19.1 Å². The average Bonchev–Trinajstić information content (AvgIpc) is 1.21. The molecular formula is C3H7Cl2PS2. The molecule has 0 spiro atoms. The third-order valence-corrected chi connectivity index (χ3v) is 5.21. The highest BCUT2D eigenvalue weighted by atomic mass is 35.9. The molecule has 50 valence electrons. The van der Waals surface area contributed by atoms with E-state index in [4.69, 9.17) is 34.3 Å². The van der Waals surface area contributed by atoms with E-state index in [0.29, 0.717) is 5.25 Å². The molecule has 0 saturated carbocycles. The molecule has 0 amide bonds. The van der Waals surface area contributed by atoms with Gasteiger partial charge in [-0.3, -0.25) is 0 Å². The Balaban J connectivity index is 3.56. The van der Waals surface area contributed by atoms with Gasteiger partial charge in [-0.15, -0.1) is 0 Å². The Morgan fingerprint density at radius 2 is 1.88 bits per heavy atom. The Bertz CT molecular complexity index is 108. The van der Waals surface area contributed by atoms with Gasteiger partial charge in [-0.1, -0.05) is 59.5 Å². The summed E-state index contributed by atoms with van der Waals surface area (Å²) in [5.41, 5.74) is 0. The highest BCUT2D eigenvalue weighted by Gasteiger charge is 2.10. The first-order valence-electron chi connectivity index (χ1n) is 2.09. The third kappa shape index (κ3) is 7.58. The van der Waals surface area contributed by atoms with Crippen molar-refractivity contribution in [3.63, 3.8) is 0 Å². The summed E-state index contributed by atoms with van der Waals surface area (Å²) >= 11 is 17.4. The summed E-state index contributed by atoms with van der Waals surface area (Å²) in [5, 5.41) is 0.441. The monoisotopic (exact) mass is 208 g/mol. The molecule has 0 saturated heterocycles. The van der Waals surface area contributed by atoms with Crippen molar-refractivity contribution >= 4 is 49.6 Å². The fourth-order valence-corrected chi connectivity index (χ4v) is 6.63.